The van der Waals surface area contributed by atoms with Crippen molar-refractivity contribution in [3.8, 4) is 11.5 Å². The van der Waals surface area contributed by atoms with Crippen LogP contribution in [0, 0.1) is 0 Å². The number of carbonyl (C=O) groups excluding carboxylic acids is 2. The Labute approximate surface area is 153 Å². The van der Waals surface area contributed by atoms with E-state index in [-0.39, 0.29) is 29.9 Å². The predicted octanol–water partition coefficient (Wildman–Crippen LogP) is 2.31. The fraction of sp³-hybridized carbons (Fsp3) is 0.300. The van der Waals surface area contributed by atoms with Crippen LogP contribution in [-0.4, -0.2) is 31.6 Å². The molecule has 0 radical (unpaired) electrons. The zero-order valence-electron chi connectivity index (χ0n) is 15.0. The highest BCUT2D eigenvalue weighted by Gasteiger charge is 2.14. The lowest BCUT2D eigenvalue weighted by atomic mass is 10.1. The van der Waals surface area contributed by atoms with Crippen molar-refractivity contribution in [3.63, 3.8) is 0 Å². The molecular weight excluding hydrogens is 332 g/mol. The summed E-state index contributed by atoms with van der Waals surface area (Å²) >= 11 is 0. The number of aryl methyl sites for hydroxylation is 1. The highest BCUT2D eigenvalue weighted by Crippen LogP contribution is 2.24. The van der Waals surface area contributed by atoms with E-state index in [0.717, 1.165) is 12.8 Å². The van der Waals surface area contributed by atoms with E-state index in [1.54, 1.807) is 6.07 Å². The second-order valence-electron chi connectivity index (χ2n) is 6.01. The Morgan fingerprint density at radius 1 is 1.15 bits per heavy atom. The van der Waals surface area contributed by atoms with Crippen LogP contribution in [0.5, 0.6) is 11.5 Å². The van der Waals surface area contributed by atoms with Crippen molar-refractivity contribution in [2.75, 3.05) is 13.7 Å². The summed E-state index contributed by atoms with van der Waals surface area (Å²) < 4.78 is 10.6. The molecule has 2 aromatic rings. The van der Waals surface area contributed by atoms with E-state index in [1.165, 1.54) is 24.8 Å². The fourth-order valence-corrected chi connectivity index (χ4v) is 2.51. The smallest absolute Gasteiger partial charge is 0.258 e. The molecule has 2 rings (SSSR count). The first-order valence-corrected chi connectivity index (χ1v) is 8.43. The second-order valence-corrected chi connectivity index (χ2v) is 6.01. The first kappa shape index (κ1) is 19.3. The summed E-state index contributed by atoms with van der Waals surface area (Å²) in [5.74, 6) is -0.145. The molecule has 6 heteroatoms. The first-order chi connectivity index (χ1) is 12.5. The number of nitrogens with one attached hydrogen (secondary N) is 1. The van der Waals surface area contributed by atoms with Crippen LogP contribution in [0.3, 0.4) is 0 Å². The normalized spacial score (nSPS) is 11.5. The number of rotatable bonds is 9. The Morgan fingerprint density at radius 2 is 1.88 bits per heavy atom. The first-order valence-electron chi connectivity index (χ1n) is 8.43. The van der Waals surface area contributed by atoms with Gasteiger partial charge >= 0.3 is 0 Å². The van der Waals surface area contributed by atoms with Crippen LogP contribution in [-0.2, 0) is 11.2 Å². The van der Waals surface area contributed by atoms with Crippen LogP contribution in [0.4, 0.5) is 0 Å². The Hall–Kier alpha value is -3.02. The average Bonchev–Trinajstić information content (AvgIpc) is 2.65. The van der Waals surface area contributed by atoms with Crippen LogP contribution < -0.4 is 20.5 Å². The Morgan fingerprint density at radius 3 is 2.54 bits per heavy atom. The molecule has 3 N–H and O–H groups in total. The molecule has 0 aromatic heterocycles. The van der Waals surface area contributed by atoms with Gasteiger partial charge in [0.2, 0.25) is 0 Å². The molecule has 0 fully saturated rings. The standard InChI is InChI=1S/C20H24N2O4/c1-14(8-9-15-6-4-3-5-7-15)22-19(23)13-26-18-12-16(25-2)10-11-17(18)20(21)24/h3-7,10-12,14H,8-9,13H2,1-2H3,(H2,21,24)(H,22,23). The summed E-state index contributed by atoms with van der Waals surface area (Å²) in [6.07, 6.45) is 1.70. The van der Waals surface area contributed by atoms with Crippen molar-refractivity contribution in [1.82, 2.24) is 5.32 Å². The molecule has 2 amide bonds. The monoisotopic (exact) mass is 356 g/mol. The highest BCUT2D eigenvalue weighted by molar-refractivity contribution is 5.96. The van der Waals surface area contributed by atoms with E-state index < -0.39 is 5.91 Å². The molecule has 1 atom stereocenters. The largest absolute Gasteiger partial charge is 0.497 e. The lowest BCUT2D eigenvalue weighted by Gasteiger charge is -2.15. The molecule has 0 aliphatic rings. The van der Waals surface area contributed by atoms with E-state index >= 15 is 0 Å². The second kappa shape index (κ2) is 9.46. The molecule has 138 valence electrons. The number of benzene rings is 2. The number of primary amides is 1. The molecule has 6 nitrogen and oxygen atoms in total. The third-order valence-electron chi connectivity index (χ3n) is 3.93. The van der Waals surface area contributed by atoms with Crippen LogP contribution in [0.15, 0.2) is 48.5 Å². The molecule has 0 bridgehead atoms. The van der Waals surface area contributed by atoms with Gasteiger partial charge in [-0.2, -0.15) is 0 Å². The summed E-state index contributed by atoms with van der Waals surface area (Å²) in [6, 6.07) is 14.8. The Bertz CT molecular complexity index is 747. The van der Waals surface area contributed by atoms with Gasteiger partial charge in [0.05, 0.1) is 12.7 Å². The van der Waals surface area contributed by atoms with Crippen LogP contribution in [0.25, 0.3) is 0 Å². The number of amides is 2. The Kier molecular flexibility index (Phi) is 7.02. The minimum absolute atomic E-state index is 0.00669. The number of methoxy groups -OCH3 is 1. The maximum Gasteiger partial charge on any atom is 0.258 e. The number of carbonyl (C=O) groups is 2. The molecule has 0 saturated carbocycles. The molecule has 0 heterocycles. The maximum absolute atomic E-state index is 12.1. The zero-order chi connectivity index (χ0) is 18.9. The lowest BCUT2D eigenvalue weighted by molar-refractivity contribution is -0.123. The third kappa shape index (κ3) is 5.81. The summed E-state index contributed by atoms with van der Waals surface area (Å²) in [5.41, 5.74) is 6.76. The number of hydrogen-bond acceptors (Lipinski definition) is 4. The van der Waals surface area contributed by atoms with E-state index in [2.05, 4.69) is 17.4 Å². The Balaban J connectivity index is 1.85. The van der Waals surface area contributed by atoms with Crippen molar-refractivity contribution < 1.29 is 19.1 Å². The minimum atomic E-state index is -0.626. The van der Waals surface area contributed by atoms with E-state index in [9.17, 15) is 9.59 Å². The topological polar surface area (TPSA) is 90.7 Å². The van der Waals surface area contributed by atoms with Gasteiger partial charge in [-0.3, -0.25) is 9.59 Å². The predicted molar refractivity (Wildman–Crippen MR) is 99.4 cm³/mol. The van der Waals surface area contributed by atoms with Gasteiger partial charge in [-0.1, -0.05) is 30.3 Å². The van der Waals surface area contributed by atoms with Crippen molar-refractivity contribution in [3.05, 3.63) is 59.7 Å². The zero-order valence-corrected chi connectivity index (χ0v) is 15.0. The van der Waals surface area contributed by atoms with Crippen molar-refractivity contribution >= 4 is 11.8 Å². The van der Waals surface area contributed by atoms with Crippen LogP contribution in [0.1, 0.15) is 29.3 Å². The van der Waals surface area contributed by atoms with Crippen molar-refractivity contribution in [2.45, 2.75) is 25.8 Å². The minimum Gasteiger partial charge on any atom is -0.497 e. The van der Waals surface area contributed by atoms with E-state index in [1.807, 2.05) is 25.1 Å². The van der Waals surface area contributed by atoms with Gasteiger partial charge < -0.3 is 20.5 Å². The molecule has 0 aliphatic heterocycles. The van der Waals surface area contributed by atoms with E-state index in [4.69, 9.17) is 15.2 Å². The highest BCUT2D eigenvalue weighted by atomic mass is 16.5. The van der Waals surface area contributed by atoms with E-state index in [0.29, 0.717) is 5.75 Å². The number of nitrogens with two attached hydrogens (primary N) is 1. The average molecular weight is 356 g/mol. The van der Waals surface area contributed by atoms with Crippen molar-refractivity contribution in [2.24, 2.45) is 5.73 Å². The number of ether oxygens (including phenoxy) is 2. The molecule has 26 heavy (non-hydrogen) atoms. The number of hydrogen-bond donors (Lipinski definition) is 2. The fourth-order valence-electron chi connectivity index (χ4n) is 2.51. The van der Waals surface area contributed by atoms with Gasteiger partial charge in [0.15, 0.2) is 6.61 Å². The summed E-state index contributed by atoms with van der Waals surface area (Å²) in [6.45, 7) is 1.74. The third-order valence-corrected chi connectivity index (χ3v) is 3.93. The SMILES string of the molecule is COc1ccc(C(N)=O)c(OCC(=O)NC(C)CCc2ccccc2)c1. The summed E-state index contributed by atoms with van der Waals surface area (Å²) in [5, 5.41) is 2.89. The van der Waals surface area contributed by atoms with Gasteiger partial charge in [-0.05, 0) is 37.5 Å². The molecule has 0 saturated heterocycles. The lowest BCUT2D eigenvalue weighted by Crippen LogP contribution is -2.36. The van der Waals surface area contributed by atoms with Gasteiger partial charge in [-0.25, -0.2) is 0 Å². The van der Waals surface area contributed by atoms with Crippen LogP contribution >= 0.6 is 0 Å². The van der Waals surface area contributed by atoms with Gasteiger partial charge in [0.1, 0.15) is 11.5 Å². The van der Waals surface area contributed by atoms with Gasteiger partial charge in [0, 0.05) is 12.1 Å². The van der Waals surface area contributed by atoms with Gasteiger partial charge in [0.25, 0.3) is 11.8 Å². The maximum atomic E-state index is 12.1. The van der Waals surface area contributed by atoms with Crippen LogP contribution in [0.2, 0.25) is 0 Å². The van der Waals surface area contributed by atoms with Crippen molar-refractivity contribution in [1.29, 1.82) is 0 Å². The molecule has 1 unspecified atom stereocenters. The molecule has 0 aliphatic carbocycles. The molecular formula is C20H24N2O4. The molecule has 2 aromatic carbocycles. The van der Waals surface area contributed by atoms with Gasteiger partial charge in [-0.15, -0.1) is 0 Å². The summed E-state index contributed by atoms with van der Waals surface area (Å²) in [7, 11) is 1.50. The summed E-state index contributed by atoms with van der Waals surface area (Å²) in [4.78, 5) is 23.6. The quantitative estimate of drug-likeness (QED) is 0.721. The molecule has 0 spiro atoms.